The van der Waals surface area contributed by atoms with E-state index in [-0.39, 0.29) is 17.2 Å². The average molecular weight is 300 g/mol. The van der Waals surface area contributed by atoms with Crippen LogP contribution in [0.15, 0.2) is 29.2 Å². The zero-order valence-corrected chi connectivity index (χ0v) is 12.0. The molecule has 0 bridgehead atoms. The second-order valence-corrected chi connectivity index (χ2v) is 5.48. The summed E-state index contributed by atoms with van der Waals surface area (Å²) in [5, 5.41) is 5.09. The maximum atomic E-state index is 11.9. The molecule has 0 fully saturated rings. The van der Waals surface area contributed by atoms with Gasteiger partial charge in [-0.05, 0) is 19.1 Å². The Bertz CT molecular complexity index is 612. The normalized spacial score (nSPS) is 10.9. The van der Waals surface area contributed by atoms with Gasteiger partial charge in [-0.15, -0.1) is 0 Å². The molecule has 0 unspecified atom stereocenters. The number of carbonyl (C=O) groups is 2. The van der Waals surface area contributed by atoms with Crippen LogP contribution < -0.4 is 10.0 Å². The highest BCUT2D eigenvalue weighted by Gasteiger charge is 2.22. The summed E-state index contributed by atoms with van der Waals surface area (Å²) in [5.41, 5.74) is 0.115. The first kappa shape index (κ1) is 16.1. The Morgan fingerprint density at radius 3 is 2.45 bits per heavy atom. The van der Waals surface area contributed by atoms with Crippen molar-refractivity contribution >= 4 is 27.6 Å². The van der Waals surface area contributed by atoms with Gasteiger partial charge in [0.15, 0.2) is 0 Å². The van der Waals surface area contributed by atoms with Gasteiger partial charge in [-0.3, -0.25) is 9.59 Å². The number of hydrogen-bond acceptors (Lipinski definition) is 5. The third-order valence-corrected chi connectivity index (χ3v) is 3.47. The summed E-state index contributed by atoms with van der Waals surface area (Å²) in [6.07, 6.45) is -0.469. The summed E-state index contributed by atoms with van der Waals surface area (Å²) in [7, 11) is -2.59. The number of hydrogen-bond donors (Lipinski definition) is 1. The molecule has 1 aromatic carbocycles. The van der Waals surface area contributed by atoms with Crippen molar-refractivity contribution in [1.82, 2.24) is 0 Å². The maximum Gasteiger partial charge on any atom is 0.315 e. The van der Waals surface area contributed by atoms with Crippen molar-refractivity contribution in [2.45, 2.75) is 18.2 Å². The number of primary sulfonamides is 1. The molecule has 2 N–H and O–H groups in total. The van der Waals surface area contributed by atoms with Crippen molar-refractivity contribution in [3.8, 4) is 0 Å². The quantitative estimate of drug-likeness (QED) is 0.619. The smallest absolute Gasteiger partial charge is 0.315 e. The molecule has 0 spiro atoms. The summed E-state index contributed by atoms with van der Waals surface area (Å²) in [6, 6.07) is 5.78. The number of rotatable bonds is 5. The molecule has 0 radical (unpaired) electrons. The number of para-hydroxylation sites is 1. The van der Waals surface area contributed by atoms with Crippen LogP contribution in [-0.2, 0) is 24.3 Å². The Balaban J connectivity index is 3.01. The highest BCUT2D eigenvalue weighted by atomic mass is 32.2. The fourth-order valence-corrected chi connectivity index (χ4v) is 2.33. The van der Waals surface area contributed by atoms with Crippen LogP contribution in [0.3, 0.4) is 0 Å². The van der Waals surface area contributed by atoms with Crippen LogP contribution in [0.1, 0.15) is 13.3 Å². The van der Waals surface area contributed by atoms with E-state index >= 15 is 0 Å². The summed E-state index contributed by atoms with van der Waals surface area (Å²) in [4.78, 5) is 24.0. The Morgan fingerprint density at radius 1 is 1.30 bits per heavy atom. The SMILES string of the molecule is CCOC(=O)CC(=O)N(C)c1ccccc1S(N)(=O)=O. The highest BCUT2D eigenvalue weighted by Crippen LogP contribution is 2.23. The topological polar surface area (TPSA) is 107 Å². The monoisotopic (exact) mass is 300 g/mol. The van der Waals surface area contributed by atoms with E-state index < -0.39 is 28.3 Å². The van der Waals surface area contributed by atoms with E-state index in [1.54, 1.807) is 13.0 Å². The zero-order chi connectivity index (χ0) is 15.3. The van der Waals surface area contributed by atoms with Crippen LogP contribution in [0.25, 0.3) is 0 Å². The third kappa shape index (κ3) is 4.04. The van der Waals surface area contributed by atoms with Gasteiger partial charge >= 0.3 is 5.97 Å². The van der Waals surface area contributed by atoms with E-state index in [1.165, 1.54) is 25.2 Å². The Hall–Kier alpha value is -1.93. The number of sulfonamides is 1. The van der Waals surface area contributed by atoms with Crippen LogP contribution >= 0.6 is 0 Å². The zero-order valence-electron chi connectivity index (χ0n) is 11.2. The fraction of sp³-hybridized carbons (Fsp3) is 0.333. The number of amides is 1. The number of nitrogens with zero attached hydrogens (tertiary/aromatic N) is 1. The Kier molecular flexibility index (Phi) is 5.23. The van der Waals surface area contributed by atoms with Crippen LogP contribution in [0, 0.1) is 0 Å². The number of ether oxygens (including phenoxy) is 1. The van der Waals surface area contributed by atoms with Crippen molar-refractivity contribution in [1.29, 1.82) is 0 Å². The van der Waals surface area contributed by atoms with Crippen molar-refractivity contribution in [2.24, 2.45) is 5.14 Å². The van der Waals surface area contributed by atoms with E-state index in [9.17, 15) is 18.0 Å². The third-order valence-electron chi connectivity index (χ3n) is 2.51. The number of nitrogens with two attached hydrogens (primary N) is 1. The molecule has 0 saturated carbocycles. The van der Waals surface area contributed by atoms with Gasteiger partial charge in [0.25, 0.3) is 0 Å². The molecule has 110 valence electrons. The van der Waals surface area contributed by atoms with Crippen molar-refractivity contribution < 1.29 is 22.7 Å². The van der Waals surface area contributed by atoms with Gasteiger partial charge in [0.05, 0.1) is 12.3 Å². The first-order valence-corrected chi connectivity index (χ1v) is 7.36. The predicted molar refractivity (Wildman–Crippen MR) is 72.5 cm³/mol. The van der Waals surface area contributed by atoms with E-state index in [0.29, 0.717) is 0 Å². The molecule has 1 aromatic rings. The molecule has 1 rings (SSSR count). The first-order chi connectivity index (χ1) is 9.27. The van der Waals surface area contributed by atoms with Crippen molar-refractivity contribution in [3.05, 3.63) is 24.3 Å². The molecule has 0 heterocycles. The minimum atomic E-state index is -3.96. The van der Waals surface area contributed by atoms with Gasteiger partial charge < -0.3 is 9.64 Å². The molecule has 0 aliphatic rings. The lowest BCUT2D eigenvalue weighted by Gasteiger charge is -2.19. The molecule has 7 nitrogen and oxygen atoms in total. The average Bonchev–Trinajstić information content (AvgIpc) is 2.37. The van der Waals surface area contributed by atoms with Gasteiger partial charge in [0.1, 0.15) is 11.3 Å². The second kappa shape index (κ2) is 6.49. The number of benzene rings is 1. The summed E-state index contributed by atoms with van der Waals surface area (Å²) >= 11 is 0. The van der Waals surface area contributed by atoms with E-state index in [4.69, 9.17) is 5.14 Å². The molecule has 0 aromatic heterocycles. The lowest BCUT2D eigenvalue weighted by molar-refractivity contribution is -0.145. The minimum absolute atomic E-state index is 0.115. The highest BCUT2D eigenvalue weighted by molar-refractivity contribution is 7.89. The van der Waals surface area contributed by atoms with E-state index in [2.05, 4.69) is 4.74 Å². The van der Waals surface area contributed by atoms with Gasteiger partial charge in [0.2, 0.25) is 15.9 Å². The van der Waals surface area contributed by atoms with Gasteiger partial charge in [-0.1, -0.05) is 12.1 Å². The fourth-order valence-electron chi connectivity index (χ4n) is 1.56. The Labute approximate surface area is 117 Å². The van der Waals surface area contributed by atoms with Gasteiger partial charge in [-0.2, -0.15) is 0 Å². The van der Waals surface area contributed by atoms with Crippen LogP contribution in [0.4, 0.5) is 5.69 Å². The lowest BCUT2D eigenvalue weighted by Crippen LogP contribution is -2.30. The Morgan fingerprint density at radius 2 is 1.90 bits per heavy atom. The molecule has 8 heteroatoms. The predicted octanol–water partition coefficient (Wildman–Crippen LogP) is 0.250. The van der Waals surface area contributed by atoms with Gasteiger partial charge in [-0.25, -0.2) is 13.6 Å². The standard InChI is InChI=1S/C12H16N2O5S/c1-3-19-12(16)8-11(15)14(2)9-6-4-5-7-10(9)20(13,17)18/h4-7H,3,8H2,1-2H3,(H2,13,17,18). The minimum Gasteiger partial charge on any atom is -0.466 e. The number of anilines is 1. The first-order valence-electron chi connectivity index (χ1n) is 5.81. The summed E-state index contributed by atoms with van der Waals surface area (Å²) < 4.78 is 27.6. The van der Waals surface area contributed by atoms with E-state index in [0.717, 1.165) is 4.90 Å². The van der Waals surface area contributed by atoms with Crippen molar-refractivity contribution in [3.63, 3.8) is 0 Å². The number of carbonyl (C=O) groups excluding carboxylic acids is 2. The molecule has 20 heavy (non-hydrogen) atoms. The number of esters is 1. The van der Waals surface area contributed by atoms with Gasteiger partial charge in [0, 0.05) is 7.05 Å². The molecule has 0 atom stereocenters. The molecular formula is C12H16N2O5S. The molecule has 0 aliphatic heterocycles. The summed E-state index contributed by atoms with van der Waals surface area (Å²) in [5.74, 6) is -1.25. The summed E-state index contributed by atoms with van der Waals surface area (Å²) in [6.45, 7) is 1.80. The molecule has 1 amide bonds. The maximum absolute atomic E-state index is 11.9. The van der Waals surface area contributed by atoms with E-state index in [1.807, 2.05) is 0 Å². The van der Waals surface area contributed by atoms with Crippen LogP contribution in [-0.4, -0.2) is 33.9 Å². The largest absolute Gasteiger partial charge is 0.466 e. The molecule has 0 saturated heterocycles. The van der Waals surface area contributed by atoms with Crippen LogP contribution in [0.2, 0.25) is 0 Å². The molecular weight excluding hydrogens is 284 g/mol. The van der Waals surface area contributed by atoms with Crippen LogP contribution in [0.5, 0.6) is 0 Å². The second-order valence-electron chi connectivity index (χ2n) is 3.95. The van der Waals surface area contributed by atoms with Crippen molar-refractivity contribution in [2.75, 3.05) is 18.6 Å². The molecule has 0 aliphatic carbocycles. The lowest BCUT2D eigenvalue weighted by atomic mass is 10.2.